The fourth-order valence-corrected chi connectivity index (χ4v) is 2.68. The number of carbonyl (C=O) groups excluding carboxylic acids is 3. The molecular formula is C20H28N2O6. The van der Waals surface area contributed by atoms with E-state index in [9.17, 15) is 14.4 Å². The van der Waals surface area contributed by atoms with Gasteiger partial charge >= 0.3 is 12.2 Å². The molecule has 1 heterocycles. The molecule has 2 atom stereocenters. The van der Waals surface area contributed by atoms with Crippen molar-refractivity contribution in [1.29, 1.82) is 0 Å². The van der Waals surface area contributed by atoms with Crippen molar-refractivity contribution in [3.8, 4) is 0 Å². The van der Waals surface area contributed by atoms with E-state index in [1.165, 1.54) is 0 Å². The summed E-state index contributed by atoms with van der Waals surface area (Å²) in [6.45, 7) is 5.61. The normalized spacial score (nSPS) is 19.8. The van der Waals surface area contributed by atoms with Gasteiger partial charge in [0.1, 0.15) is 17.7 Å². The number of hydrogen-bond acceptors (Lipinski definition) is 6. The summed E-state index contributed by atoms with van der Waals surface area (Å²) in [7, 11) is 0. The average Bonchev–Trinajstić information content (AvgIpc) is 2.77. The number of benzene rings is 1. The van der Waals surface area contributed by atoms with E-state index < -0.39 is 30.0 Å². The highest BCUT2D eigenvalue weighted by molar-refractivity contribution is 5.85. The Kier molecular flexibility index (Phi) is 7.66. The van der Waals surface area contributed by atoms with Crippen LogP contribution in [0.15, 0.2) is 30.3 Å². The molecule has 0 saturated carbocycles. The summed E-state index contributed by atoms with van der Waals surface area (Å²) in [4.78, 5) is 35.8. The lowest BCUT2D eigenvalue weighted by atomic mass is 10.1. The SMILES string of the molecule is CC(C)(C)OC(=O)N[C@H]1CC[C@@H](OC(=O)OCCc2ccccc2)CNC1=O. The molecule has 1 aromatic carbocycles. The fourth-order valence-electron chi connectivity index (χ4n) is 2.68. The molecule has 0 spiro atoms. The third kappa shape index (κ3) is 7.85. The van der Waals surface area contributed by atoms with E-state index in [-0.39, 0.29) is 19.1 Å². The Bertz CT molecular complexity index is 671. The number of carbonyl (C=O) groups is 3. The zero-order chi connectivity index (χ0) is 20.6. The Hall–Kier alpha value is -2.77. The summed E-state index contributed by atoms with van der Waals surface area (Å²) in [5, 5.41) is 5.20. The van der Waals surface area contributed by atoms with Crippen LogP contribution in [0.4, 0.5) is 9.59 Å². The molecule has 0 bridgehead atoms. The molecule has 1 aromatic rings. The lowest BCUT2D eigenvalue weighted by Crippen LogP contribution is -2.47. The minimum absolute atomic E-state index is 0.166. The van der Waals surface area contributed by atoms with Crippen molar-refractivity contribution in [3.63, 3.8) is 0 Å². The molecule has 8 nitrogen and oxygen atoms in total. The number of rotatable bonds is 5. The van der Waals surface area contributed by atoms with Crippen LogP contribution in [-0.2, 0) is 25.4 Å². The van der Waals surface area contributed by atoms with Crippen LogP contribution in [0.3, 0.4) is 0 Å². The first-order valence-electron chi connectivity index (χ1n) is 9.37. The van der Waals surface area contributed by atoms with Crippen molar-refractivity contribution in [2.45, 2.75) is 57.8 Å². The zero-order valence-corrected chi connectivity index (χ0v) is 16.5. The molecule has 1 fully saturated rings. The third-order valence-electron chi connectivity index (χ3n) is 4.01. The van der Waals surface area contributed by atoms with Gasteiger partial charge in [-0.05, 0) is 39.2 Å². The van der Waals surface area contributed by atoms with Gasteiger partial charge in [0, 0.05) is 6.42 Å². The van der Waals surface area contributed by atoms with Crippen molar-refractivity contribution >= 4 is 18.2 Å². The molecule has 0 aromatic heterocycles. The van der Waals surface area contributed by atoms with E-state index in [4.69, 9.17) is 14.2 Å². The van der Waals surface area contributed by atoms with Crippen LogP contribution < -0.4 is 10.6 Å². The van der Waals surface area contributed by atoms with Crippen molar-refractivity contribution in [3.05, 3.63) is 35.9 Å². The van der Waals surface area contributed by atoms with Gasteiger partial charge in [0.2, 0.25) is 5.91 Å². The highest BCUT2D eigenvalue weighted by atomic mass is 16.7. The number of hydrogen-bond donors (Lipinski definition) is 2. The number of alkyl carbamates (subject to hydrolysis) is 1. The van der Waals surface area contributed by atoms with Gasteiger partial charge in [-0.1, -0.05) is 30.3 Å². The molecule has 8 heteroatoms. The molecule has 1 aliphatic rings. The topological polar surface area (TPSA) is 103 Å². The first-order valence-corrected chi connectivity index (χ1v) is 9.37. The smallest absolute Gasteiger partial charge is 0.444 e. The number of nitrogens with one attached hydrogen (secondary N) is 2. The third-order valence-corrected chi connectivity index (χ3v) is 4.01. The number of amides is 2. The van der Waals surface area contributed by atoms with E-state index in [0.717, 1.165) is 5.56 Å². The summed E-state index contributed by atoms with van der Waals surface area (Å²) >= 11 is 0. The predicted octanol–water partition coefficient (Wildman–Crippen LogP) is 2.55. The largest absolute Gasteiger partial charge is 0.508 e. The summed E-state index contributed by atoms with van der Waals surface area (Å²) in [6.07, 6.45) is -0.612. The van der Waals surface area contributed by atoms with E-state index in [1.54, 1.807) is 20.8 Å². The van der Waals surface area contributed by atoms with Crippen LogP contribution >= 0.6 is 0 Å². The second-order valence-electron chi connectivity index (χ2n) is 7.60. The van der Waals surface area contributed by atoms with E-state index in [2.05, 4.69) is 10.6 Å². The average molecular weight is 392 g/mol. The standard InChI is InChI=1S/C20H28N2O6/c1-20(2,3)28-18(24)22-16-10-9-15(13-21-17(16)23)27-19(25)26-12-11-14-7-5-4-6-8-14/h4-8,15-16H,9-13H2,1-3H3,(H,21,23)(H,22,24)/t15-,16+/m1/s1. The molecule has 28 heavy (non-hydrogen) atoms. The first-order chi connectivity index (χ1) is 13.2. The monoisotopic (exact) mass is 392 g/mol. The highest BCUT2D eigenvalue weighted by Gasteiger charge is 2.29. The van der Waals surface area contributed by atoms with Gasteiger partial charge in [-0.2, -0.15) is 0 Å². The zero-order valence-electron chi connectivity index (χ0n) is 16.5. The van der Waals surface area contributed by atoms with E-state index in [0.29, 0.717) is 19.3 Å². The highest BCUT2D eigenvalue weighted by Crippen LogP contribution is 2.13. The van der Waals surface area contributed by atoms with E-state index in [1.807, 2.05) is 30.3 Å². The lowest BCUT2D eigenvalue weighted by Gasteiger charge is -2.22. The molecule has 0 unspecified atom stereocenters. The minimum atomic E-state index is -0.770. The second-order valence-corrected chi connectivity index (χ2v) is 7.60. The van der Waals surface area contributed by atoms with Crippen LogP contribution in [0.5, 0.6) is 0 Å². The minimum Gasteiger partial charge on any atom is -0.444 e. The van der Waals surface area contributed by atoms with Crippen molar-refractivity contribution in [1.82, 2.24) is 10.6 Å². The van der Waals surface area contributed by atoms with Crippen molar-refractivity contribution in [2.75, 3.05) is 13.2 Å². The van der Waals surface area contributed by atoms with Gasteiger partial charge in [0.25, 0.3) is 0 Å². The summed E-state index contributed by atoms with van der Waals surface area (Å²) in [6, 6.07) is 8.93. The van der Waals surface area contributed by atoms with E-state index >= 15 is 0 Å². The molecule has 1 aliphatic heterocycles. The van der Waals surface area contributed by atoms with Crippen LogP contribution in [0.1, 0.15) is 39.2 Å². The predicted molar refractivity (Wildman–Crippen MR) is 102 cm³/mol. The van der Waals surface area contributed by atoms with Crippen LogP contribution in [0.25, 0.3) is 0 Å². The Morgan fingerprint density at radius 1 is 1.18 bits per heavy atom. The molecule has 1 saturated heterocycles. The quantitative estimate of drug-likeness (QED) is 0.747. The van der Waals surface area contributed by atoms with Crippen LogP contribution in [0.2, 0.25) is 0 Å². The molecule has 0 aliphatic carbocycles. The second kappa shape index (κ2) is 9.96. The van der Waals surface area contributed by atoms with Gasteiger partial charge in [-0.3, -0.25) is 4.79 Å². The first kappa shape index (κ1) is 21.5. The maximum absolute atomic E-state index is 12.1. The molecule has 2 amide bonds. The lowest BCUT2D eigenvalue weighted by molar-refractivity contribution is -0.123. The Labute approximate surface area is 164 Å². The molecule has 2 N–H and O–H groups in total. The van der Waals surface area contributed by atoms with Crippen LogP contribution in [-0.4, -0.2) is 49.1 Å². The van der Waals surface area contributed by atoms with Gasteiger partial charge in [-0.25, -0.2) is 9.59 Å². The van der Waals surface area contributed by atoms with Crippen molar-refractivity contribution in [2.24, 2.45) is 0 Å². The Morgan fingerprint density at radius 2 is 1.89 bits per heavy atom. The molecular weight excluding hydrogens is 364 g/mol. The summed E-state index contributed by atoms with van der Waals surface area (Å²) in [5.41, 5.74) is 0.411. The molecule has 0 radical (unpaired) electrons. The molecule has 2 rings (SSSR count). The van der Waals surface area contributed by atoms with Crippen LogP contribution in [0, 0.1) is 0 Å². The van der Waals surface area contributed by atoms with Gasteiger partial charge in [0.05, 0.1) is 13.2 Å². The molecule has 154 valence electrons. The maximum Gasteiger partial charge on any atom is 0.508 e. The summed E-state index contributed by atoms with van der Waals surface area (Å²) < 4.78 is 15.5. The van der Waals surface area contributed by atoms with Crippen molar-refractivity contribution < 1.29 is 28.6 Å². The summed E-state index contributed by atoms with van der Waals surface area (Å²) in [5.74, 6) is -0.339. The maximum atomic E-state index is 12.1. The van der Waals surface area contributed by atoms with Gasteiger partial charge in [0.15, 0.2) is 0 Å². The fraction of sp³-hybridized carbons (Fsp3) is 0.550. The van der Waals surface area contributed by atoms with Gasteiger partial charge < -0.3 is 24.8 Å². The Balaban J connectivity index is 1.73. The Morgan fingerprint density at radius 3 is 2.57 bits per heavy atom. The van der Waals surface area contributed by atoms with Gasteiger partial charge in [-0.15, -0.1) is 0 Å². The number of ether oxygens (including phenoxy) is 3.